The fourth-order valence-corrected chi connectivity index (χ4v) is 4.34. The van der Waals surface area contributed by atoms with Gasteiger partial charge in [0.2, 0.25) is 10.3 Å². The van der Waals surface area contributed by atoms with E-state index in [1.807, 2.05) is 42.5 Å². The molecule has 0 aromatic heterocycles. The summed E-state index contributed by atoms with van der Waals surface area (Å²) in [6.45, 7) is 3.91. The minimum atomic E-state index is -2.29. The Balaban J connectivity index is 1.81. The second-order valence-electron chi connectivity index (χ2n) is 6.60. The molecule has 0 spiro atoms. The molecule has 2 aromatic carbocycles. The molecule has 25 heavy (non-hydrogen) atoms. The van der Waals surface area contributed by atoms with Gasteiger partial charge < -0.3 is 15.1 Å². The lowest BCUT2D eigenvalue weighted by molar-refractivity contribution is 0.313. The van der Waals surface area contributed by atoms with E-state index in [1.165, 1.54) is 0 Å². The van der Waals surface area contributed by atoms with Crippen molar-refractivity contribution in [2.75, 3.05) is 43.4 Å². The molecule has 1 fully saturated rings. The van der Waals surface area contributed by atoms with E-state index in [1.54, 1.807) is 0 Å². The van der Waals surface area contributed by atoms with Crippen LogP contribution in [-0.4, -0.2) is 51.5 Å². The van der Waals surface area contributed by atoms with Crippen molar-refractivity contribution < 1.29 is 8.42 Å². The number of hydrogen-bond donors (Lipinski definition) is 1. The Morgan fingerprint density at radius 1 is 0.960 bits per heavy atom. The Labute approximate surface area is 149 Å². The number of piperazine rings is 1. The number of anilines is 2. The molecule has 2 aromatic rings. The van der Waals surface area contributed by atoms with Gasteiger partial charge in [-0.15, -0.1) is 0 Å². The summed E-state index contributed by atoms with van der Waals surface area (Å²) >= 11 is 0. The lowest BCUT2D eigenvalue weighted by Gasteiger charge is -2.35. The summed E-state index contributed by atoms with van der Waals surface area (Å²) in [6.07, 6.45) is 0. The molecule has 4 rings (SSSR count). The molecular formula is C19H21N3O2S. The van der Waals surface area contributed by atoms with Crippen LogP contribution in [0.1, 0.15) is 17.0 Å². The van der Waals surface area contributed by atoms with Gasteiger partial charge in [-0.05, 0) is 24.2 Å². The van der Waals surface area contributed by atoms with Gasteiger partial charge in [0.25, 0.3) is 0 Å². The standard InChI is InChI=1S/C19H21N3O2S/c1-21-10-12-22(13-11-21)16-9-5-8-15-17(14-6-3-2-4-7-14)19(25(23)24)20-18(15)16/h2-9,17,20H,10-13H2,1H3. The van der Waals surface area contributed by atoms with Crippen molar-refractivity contribution >= 4 is 26.7 Å². The Morgan fingerprint density at radius 3 is 2.36 bits per heavy atom. The van der Waals surface area contributed by atoms with Gasteiger partial charge in [-0.2, -0.15) is 8.42 Å². The molecule has 2 aliphatic heterocycles. The van der Waals surface area contributed by atoms with Gasteiger partial charge in [0, 0.05) is 26.2 Å². The fourth-order valence-electron chi connectivity index (χ4n) is 3.70. The summed E-state index contributed by atoms with van der Waals surface area (Å²) in [5.41, 5.74) is 4.04. The predicted octanol–water partition coefficient (Wildman–Crippen LogP) is 2.00. The van der Waals surface area contributed by atoms with E-state index in [0.717, 1.165) is 48.7 Å². The fraction of sp³-hybridized carbons (Fsp3) is 0.316. The maximum atomic E-state index is 11.9. The quantitative estimate of drug-likeness (QED) is 0.835. The number of fused-ring (bicyclic) bond motifs is 1. The van der Waals surface area contributed by atoms with Gasteiger partial charge in [-0.1, -0.05) is 42.5 Å². The normalized spacial score (nSPS) is 20.3. The summed E-state index contributed by atoms with van der Waals surface area (Å²) in [6, 6.07) is 15.9. The number of benzene rings is 2. The maximum Gasteiger partial charge on any atom is 0.234 e. The number of para-hydroxylation sites is 1. The van der Waals surface area contributed by atoms with E-state index in [4.69, 9.17) is 0 Å². The van der Waals surface area contributed by atoms with Gasteiger partial charge >= 0.3 is 0 Å². The van der Waals surface area contributed by atoms with Crippen molar-refractivity contribution in [2.24, 2.45) is 0 Å². The van der Waals surface area contributed by atoms with Gasteiger partial charge in [0.05, 0.1) is 17.3 Å². The smallest absolute Gasteiger partial charge is 0.234 e. The van der Waals surface area contributed by atoms with Crippen LogP contribution in [0.4, 0.5) is 11.4 Å². The zero-order chi connectivity index (χ0) is 17.4. The molecule has 5 nitrogen and oxygen atoms in total. The Morgan fingerprint density at radius 2 is 1.68 bits per heavy atom. The average molecular weight is 355 g/mol. The van der Waals surface area contributed by atoms with Crippen LogP contribution in [0.25, 0.3) is 0 Å². The van der Waals surface area contributed by atoms with Crippen molar-refractivity contribution in [3.63, 3.8) is 0 Å². The summed E-state index contributed by atoms with van der Waals surface area (Å²) in [5.74, 6) is -0.262. The van der Waals surface area contributed by atoms with Crippen molar-refractivity contribution in [1.29, 1.82) is 0 Å². The number of nitrogens with zero attached hydrogens (tertiary/aromatic N) is 2. The zero-order valence-electron chi connectivity index (χ0n) is 14.1. The van der Waals surface area contributed by atoms with Gasteiger partial charge in [0.1, 0.15) is 4.99 Å². The van der Waals surface area contributed by atoms with Crippen molar-refractivity contribution in [3.8, 4) is 0 Å². The third-order valence-electron chi connectivity index (χ3n) is 5.05. The van der Waals surface area contributed by atoms with Crippen LogP contribution in [0.15, 0.2) is 48.5 Å². The summed E-state index contributed by atoms with van der Waals surface area (Å²) in [5, 5.41) is 3.21. The molecule has 1 saturated heterocycles. The van der Waals surface area contributed by atoms with E-state index < -0.39 is 10.3 Å². The monoisotopic (exact) mass is 355 g/mol. The second-order valence-corrected chi connectivity index (χ2v) is 7.51. The van der Waals surface area contributed by atoms with Crippen LogP contribution in [-0.2, 0) is 10.3 Å². The minimum absolute atomic E-state index is 0.262. The zero-order valence-corrected chi connectivity index (χ0v) is 15.0. The van der Waals surface area contributed by atoms with Crippen LogP contribution in [0.5, 0.6) is 0 Å². The maximum absolute atomic E-state index is 11.9. The molecule has 0 amide bonds. The van der Waals surface area contributed by atoms with E-state index in [9.17, 15) is 8.42 Å². The van der Waals surface area contributed by atoms with Crippen LogP contribution in [0.2, 0.25) is 0 Å². The second kappa shape index (κ2) is 6.54. The Bertz CT molecular complexity index is 909. The number of hydrogen-bond acceptors (Lipinski definition) is 4. The number of likely N-dealkylation sites (N-methyl/N-ethyl adjacent to an activating group) is 1. The van der Waals surface area contributed by atoms with Crippen molar-refractivity contribution in [2.45, 2.75) is 5.92 Å². The van der Waals surface area contributed by atoms with Gasteiger partial charge in [0.15, 0.2) is 0 Å². The third kappa shape index (κ3) is 2.92. The van der Waals surface area contributed by atoms with E-state index >= 15 is 0 Å². The van der Waals surface area contributed by atoms with Crippen molar-refractivity contribution in [3.05, 3.63) is 59.7 Å². The van der Waals surface area contributed by atoms with Crippen LogP contribution in [0.3, 0.4) is 0 Å². The Kier molecular flexibility index (Phi) is 4.23. The first-order valence-corrected chi connectivity index (χ1v) is 9.57. The highest BCUT2D eigenvalue weighted by atomic mass is 32.2. The molecule has 1 atom stereocenters. The van der Waals surface area contributed by atoms with Crippen LogP contribution in [0, 0.1) is 0 Å². The molecule has 0 radical (unpaired) electrons. The first-order valence-electron chi connectivity index (χ1n) is 8.49. The molecule has 0 saturated carbocycles. The topological polar surface area (TPSA) is 52.6 Å². The summed E-state index contributed by atoms with van der Waals surface area (Å²) < 4.78 is 23.7. The first-order chi connectivity index (χ1) is 12.1. The highest BCUT2D eigenvalue weighted by Crippen LogP contribution is 2.43. The molecule has 130 valence electrons. The summed E-state index contributed by atoms with van der Waals surface area (Å²) in [4.78, 5) is 4.98. The van der Waals surface area contributed by atoms with E-state index in [-0.39, 0.29) is 5.92 Å². The molecule has 1 unspecified atom stereocenters. The average Bonchev–Trinajstić information content (AvgIpc) is 3.03. The molecule has 2 aliphatic rings. The Hall–Kier alpha value is -2.31. The lowest BCUT2D eigenvalue weighted by Crippen LogP contribution is -2.44. The third-order valence-corrected chi connectivity index (χ3v) is 5.75. The molecule has 6 heteroatoms. The SMILES string of the molecule is CN1CCN(c2cccc3c2NC(=S(=O)=O)C3c2ccccc2)CC1. The summed E-state index contributed by atoms with van der Waals surface area (Å²) in [7, 11) is -0.160. The van der Waals surface area contributed by atoms with Gasteiger partial charge in [-0.25, -0.2) is 0 Å². The first kappa shape index (κ1) is 16.2. The van der Waals surface area contributed by atoms with Crippen LogP contribution >= 0.6 is 0 Å². The predicted molar refractivity (Wildman–Crippen MR) is 102 cm³/mol. The largest absolute Gasteiger partial charge is 0.367 e. The molecule has 1 N–H and O–H groups in total. The van der Waals surface area contributed by atoms with E-state index in [0.29, 0.717) is 4.99 Å². The number of nitrogens with one attached hydrogen (secondary N) is 1. The molecule has 2 heterocycles. The number of rotatable bonds is 2. The van der Waals surface area contributed by atoms with Gasteiger partial charge in [-0.3, -0.25) is 0 Å². The minimum Gasteiger partial charge on any atom is -0.367 e. The highest BCUT2D eigenvalue weighted by molar-refractivity contribution is 7.73. The molecular weight excluding hydrogens is 334 g/mol. The highest BCUT2D eigenvalue weighted by Gasteiger charge is 2.34. The van der Waals surface area contributed by atoms with Crippen LogP contribution < -0.4 is 10.2 Å². The molecule has 0 aliphatic carbocycles. The van der Waals surface area contributed by atoms with E-state index in [2.05, 4.69) is 28.2 Å². The van der Waals surface area contributed by atoms with Crippen molar-refractivity contribution in [1.82, 2.24) is 4.90 Å². The molecule has 0 bridgehead atoms. The lowest BCUT2D eigenvalue weighted by atomic mass is 9.92.